The van der Waals surface area contributed by atoms with Gasteiger partial charge in [-0.3, -0.25) is 19.6 Å². The van der Waals surface area contributed by atoms with Crippen LogP contribution < -0.4 is 10.7 Å². The second-order valence-electron chi connectivity index (χ2n) is 6.10. The molecule has 2 aromatic heterocycles. The lowest BCUT2D eigenvalue weighted by Crippen LogP contribution is -2.27. The van der Waals surface area contributed by atoms with Crippen molar-refractivity contribution in [2.45, 2.75) is 20.4 Å². The number of carbonyl (C=O) groups excluding carboxylic acids is 1. The third-order valence-corrected chi connectivity index (χ3v) is 5.13. The normalized spacial score (nSPS) is 11.2. The largest absolute Gasteiger partial charge is 0.296 e. The van der Waals surface area contributed by atoms with Crippen LogP contribution in [0.4, 0.5) is 9.52 Å². The number of thiazole rings is 1. The van der Waals surface area contributed by atoms with Crippen molar-refractivity contribution in [2.24, 2.45) is 0 Å². The van der Waals surface area contributed by atoms with Gasteiger partial charge in [0.15, 0.2) is 10.8 Å². The molecule has 0 unspecified atom stereocenters. The number of hydrogen-bond acceptors (Lipinski definition) is 5. The molecule has 0 aliphatic carbocycles. The highest BCUT2D eigenvalue weighted by atomic mass is 32.1. The molecule has 4 rings (SSSR count). The molecule has 0 spiro atoms. The van der Waals surface area contributed by atoms with Crippen molar-refractivity contribution >= 4 is 43.5 Å². The minimum atomic E-state index is -0.663. The summed E-state index contributed by atoms with van der Waals surface area (Å²) in [5, 5.41) is 7.30. The van der Waals surface area contributed by atoms with Gasteiger partial charge in [0.25, 0.3) is 5.91 Å². The van der Waals surface area contributed by atoms with Gasteiger partial charge in [0.05, 0.1) is 21.1 Å². The van der Waals surface area contributed by atoms with Gasteiger partial charge in [-0.25, -0.2) is 9.37 Å². The molecule has 6 nitrogen and oxygen atoms in total. The van der Waals surface area contributed by atoms with Gasteiger partial charge in [-0.15, -0.1) is 0 Å². The summed E-state index contributed by atoms with van der Waals surface area (Å²) in [7, 11) is 0. The van der Waals surface area contributed by atoms with E-state index in [2.05, 4.69) is 15.4 Å². The Bertz CT molecular complexity index is 1260. The Morgan fingerprint density at radius 2 is 2.07 bits per heavy atom. The molecule has 8 heteroatoms. The van der Waals surface area contributed by atoms with Crippen molar-refractivity contribution in [1.82, 2.24) is 14.8 Å². The average molecular weight is 382 g/mol. The third-order valence-electron chi connectivity index (χ3n) is 4.20. The molecule has 1 amide bonds. The fraction of sp³-hybridized carbons (Fsp3) is 0.158. The highest BCUT2D eigenvalue weighted by Crippen LogP contribution is 2.26. The van der Waals surface area contributed by atoms with Crippen LogP contribution in [0.25, 0.3) is 21.1 Å². The van der Waals surface area contributed by atoms with Gasteiger partial charge in [-0.2, -0.15) is 5.10 Å². The Morgan fingerprint density at radius 3 is 2.85 bits per heavy atom. The number of fused-ring (bicyclic) bond motifs is 2. The highest BCUT2D eigenvalue weighted by molar-refractivity contribution is 7.22. The standard InChI is InChI=1S/C19H15FN4O2S/c1-3-24-14-7-5-11(20)9-12(14)17(25)16(23-24)18(26)22-19-21-13-6-4-10(2)8-15(13)27-19/h4-9H,3H2,1-2H3,(H,21,22,26). The van der Waals surface area contributed by atoms with Gasteiger partial charge >= 0.3 is 0 Å². The summed E-state index contributed by atoms with van der Waals surface area (Å²) in [5.41, 5.74) is 1.44. The van der Waals surface area contributed by atoms with Crippen molar-refractivity contribution in [3.63, 3.8) is 0 Å². The maximum Gasteiger partial charge on any atom is 0.281 e. The molecule has 2 aromatic carbocycles. The van der Waals surface area contributed by atoms with Crippen LogP contribution in [0.1, 0.15) is 23.0 Å². The number of hydrogen-bond donors (Lipinski definition) is 1. The number of amides is 1. The molecule has 0 atom stereocenters. The Labute approximate surface area is 157 Å². The summed E-state index contributed by atoms with van der Waals surface area (Å²) in [6.45, 7) is 4.24. The molecule has 27 heavy (non-hydrogen) atoms. The number of aryl methyl sites for hydroxylation is 2. The first kappa shape index (κ1) is 17.3. The van der Waals surface area contributed by atoms with E-state index in [4.69, 9.17) is 0 Å². The van der Waals surface area contributed by atoms with Crippen molar-refractivity contribution in [2.75, 3.05) is 5.32 Å². The number of nitrogens with zero attached hydrogens (tertiary/aromatic N) is 3. The average Bonchev–Trinajstić information content (AvgIpc) is 3.03. The lowest BCUT2D eigenvalue weighted by Gasteiger charge is -2.09. The summed E-state index contributed by atoms with van der Waals surface area (Å²) < 4.78 is 16.0. The number of nitrogens with one attached hydrogen (secondary N) is 1. The van der Waals surface area contributed by atoms with Crippen molar-refractivity contribution in [1.29, 1.82) is 0 Å². The molecule has 4 aromatic rings. The Kier molecular flexibility index (Phi) is 4.19. The van der Waals surface area contributed by atoms with E-state index in [0.717, 1.165) is 21.8 Å². The minimum absolute atomic E-state index is 0.122. The number of rotatable bonds is 3. The molecular weight excluding hydrogens is 367 g/mol. The van der Waals surface area contributed by atoms with Crippen molar-refractivity contribution in [3.05, 3.63) is 63.7 Å². The number of aromatic nitrogens is 3. The molecule has 2 heterocycles. The molecule has 0 saturated carbocycles. The second-order valence-corrected chi connectivity index (χ2v) is 7.13. The van der Waals surface area contributed by atoms with Crippen LogP contribution in [-0.4, -0.2) is 20.7 Å². The maximum absolute atomic E-state index is 13.6. The van der Waals surface area contributed by atoms with Crippen LogP contribution >= 0.6 is 11.3 Å². The summed E-state index contributed by atoms with van der Waals surface area (Å²) in [6, 6.07) is 9.66. The first-order valence-electron chi connectivity index (χ1n) is 8.35. The SMILES string of the molecule is CCn1nc(C(=O)Nc2nc3ccc(C)cc3s2)c(=O)c2cc(F)ccc21. The van der Waals surface area contributed by atoms with Crippen molar-refractivity contribution in [3.8, 4) is 0 Å². The lowest BCUT2D eigenvalue weighted by atomic mass is 10.2. The van der Waals surface area contributed by atoms with Gasteiger partial charge in [0, 0.05) is 6.54 Å². The van der Waals surface area contributed by atoms with Crippen LogP contribution in [0.15, 0.2) is 41.2 Å². The van der Waals surface area contributed by atoms with Gasteiger partial charge in [0.1, 0.15) is 5.82 Å². The first-order chi connectivity index (χ1) is 13.0. The molecule has 0 bridgehead atoms. The fourth-order valence-electron chi connectivity index (χ4n) is 2.89. The molecule has 0 aliphatic heterocycles. The monoisotopic (exact) mass is 382 g/mol. The molecule has 0 radical (unpaired) electrons. The molecule has 0 fully saturated rings. The highest BCUT2D eigenvalue weighted by Gasteiger charge is 2.19. The van der Waals surface area contributed by atoms with E-state index in [1.54, 1.807) is 0 Å². The van der Waals surface area contributed by atoms with E-state index in [9.17, 15) is 14.0 Å². The lowest BCUT2D eigenvalue weighted by molar-refractivity contribution is 0.101. The van der Waals surface area contributed by atoms with Crippen molar-refractivity contribution < 1.29 is 9.18 Å². The molecule has 0 saturated heterocycles. The second kappa shape index (κ2) is 6.55. The topological polar surface area (TPSA) is 76.9 Å². The predicted octanol–water partition coefficient (Wildman–Crippen LogP) is 3.73. The molecular formula is C19H15FN4O2S. The van der Waals surface area contributed by atoms with Gasteiger partial charge in [0.2, 0.25) is 5.43 Å². The molecule has 136 valence electrons. The van der Waals surface area contributed by atoms with Crippen LogP contribution in [0, 0.1) is 12.7 Å². The van der Waals surface area contributed by atoms with E-state index in [-0.39, 0.29) is 11.1 Å². The summed E-state index contributed by atoms with van der Waals surface area (Å²) in [5.74, 6) is -1.20. The number of benzene rings is 2. The zero-order valence-corrected chi connectivity index (χ0v) is 15.4. The van der Waals surface area contributed by atoms with Gasteiger partial charge in [-0.05, 0) is 49.7 Å². The maximum atomic E-state index is 13.6. The predicted molar refractivity (Wildman–Crippen MR) is 104 cm³/mol. The van der Waals surface area contributed by atoms with Crippen LogP contribution in [0.5, 0.6) is 0 Å². The number of carbonyl (C=O) groups is 1. The minimum Gasteiger partial charge on any atom is -0.296 e. The molecule has 1 N–H and O–H groups in total. The Morgan fingerprint density at radius 1 is 1.26 bits per heavy atom. The summed E-state index contributed by atoms with van der Waals surface area (Å²) >= 11 is 1.32. The van der Waals surface area contributed by atoms with Crippen LogP contribution in [-0.2, 0) is 6.54 Å². The summed E-state index contributed by atoms with van der Waals surface area (Å²) in [4.78, 5) is 29.7. The van der Waals surface area contributed by atoms with E-state index < -0.39 is 17.2 Å². The number of anilines is 1. The quantitative estimate of drug-likeness (QED) is 0.586. The Balaban J connectivity index is 1.77. The van der Waals surface area contributed by atoms with E-state index in [0.29, 0.717) is 17.2 Å². The third kappa shape index (κ3) is 3.08. The van der Waals surface area contributed by atoms with E-state index in [1.165, 1.54) is 28.2 Å². The zero-order valence-electron chi connectivity index (χ0n) is 14.6. The van der Waals surface area contributed by atoms with E-state index in [1.807, 2.05) is 32.0 Å². The molecule has 0 aliphatic rings. The van der Waals surface area contributed by atoms with Gasteiger partial charge < -0.3 is 0 Å². The van der Waals surface area contributed by atoms with Crippen LogP contribution in [0.3, 0.4) is 0 Å². The first-order valence-corrected chi connectivity index (χ1v) is 9.17. The van der Waals surface area contributed by atoms with Gasteiger partial charge in [-0.1, -0.05) is 17.4 Å². The summed E-state index contributed by atoms with van der Waals surface area (Å²) in [6.07, 6.45) is 0. The fourth-order valence-corrected chi connectivity index (χ4v) is 3.85. The van der Waals surface area contributed by atoms with E-state index >= 15 is 0 Å². The Hall–Kier alpha value is -3.13. The number of halogens is 1. The smallest absolute Gasteiger partial charge is 0.281 e. The van der Waals surface area contributed by atoms with Crippen LogP contribution in [0.2, 0.25) is 0 Å². The zero-order chi connectivity index (χ0) is 19.1.